The van der Waals surface area contributed by atoms with Crippen molar-refractivity contribution in [1.29, 1.82) is 0 Å². The van der Waals surface area contributed by atoms with Crippen molar-refractivity contribution in [3.8, 4) is 0 Å². The number of ether oxygens (including phenoxy) is 1. The molecule has 0 radical (unpaired) electrons. The van der Waals surface area contributed by atoms with Gasteiger partial charge in [0.25, 0.3) is 0 Å². The van der Waals surface area contributed by atoms with E-state index in [1.165, 1.54) is 0 Å². The number of aromatic nitrogens is 1. The zero-order valence-corrected chi connectivity index (χ0v) is 10.0. The van der Waals surface area contributed by atoms with Crippen molar-refractivity contribution in [1.82, 2.24) is 4.98 Å². The standard InChI is InChI=1S/C13H16N2O2/c1-9-13(17-11(15-9)8-16-2)12(14)10-6-4-3-5-7-10/h3-7,12H,8,14H2,1-2H3. The van der Waals surface area contributed by atoms with E-state index in [2.05, 4.69) is 4.98 Å². The molecule has 2 N–H and O–H groups in total. The number of benzene rings is 1. The summed E-state index contributed by atoms with van der Waals surface area (Å²) in [5.74, 6) is 1.26. The molecular weight excluding hydrogens is 216 g/mol. The fourth-order valence-corrected chi connectivity index (χ4v) is 1.75. The van der Waals surface area contributed by atoms with Gasteiger partial charge in [0, 0.05) is 7.11 Å². The molecule has 2 aromatic rings. The van der Waals surface area contributed by atoms with Gasteiger partial charge < -0.3 is 14.9 Å². The van der Waals surface area contributed by atoms with Gasteiger partial charge in [0.2, 0.25) is 5.89 Å². The Labute approximate surface area is 100 Å². The lowest BCUT2D eigenvalue weighted by Gasteiger charge is -2.09. The molecule has 0 fully saturated rings. The third kappa shape index (κ3) is 2.54. The fourth-order valence-electron chi connectivity index (χ4n) is 1.75. The Balaban J connectivity index is 2.28. The molecule has 0 aliphatic heterocycles. The molecule has 2 rings (SSSR count). The summed E-state index contributed by atoms with van der Waals surface area (Å²) in [5, 5.41) is 0. The highest BCUT2D eigenvalue weighted by molar-refractivity contribution is 5.27. The molecular formula is C13H16N2O2. The van der Waals surface area contributed by atoms with Crippen LogP contribution in [0.5, 0.6) is 0 Å². The Morgan fingerprint density at radius 1 is 1.35 bits per heavy atom. The second-order valence-corrected chi connectivity index (χ2v) is 3.88. The van der Waals surface area contributed by atoms with E-state index in [0.29, 0.717) is 18.3 Å². The molecule has 1 atom stereocenters. The summed E-state index contributed by atoms with van der Waals surface area (Å²) in [6.45, 7) is 2.25. The van der Waals surface area contributed by atoms with Crippen LogP contribution in [0.2, 0.25) is 0 Å². The predicted octanol–water partition coefficient (Wildman–Crippen LogP) is 2.18. The van der Waals surface area contributed by atoms with Crippen molar-refractivity contribution in [3.63, 3.8) is 0 Å². The van der Waals surface area contributed by atoms with Crippen LogP contribution in [0.15, 0.2) is 34.7 Å². The summed E-state index contributed by atoms with van der Waals surface area (Å²) >= 11 is 0. The molecule has 4 heteroatoms. The van der Waals surface area contributed by atoms with Crippen LogP contribution < -0.4 is 5.73 Å². The van der Waals surface area contributed by atoms with E-state index in [-0.39, 0.29) is 6.04 Å². The van der Waals surface area contributed by atoms with E-state index < -0.39 is 0 Å². The van der Waals surface area contributed by atoms with Crippen molar-refractivity contribution in [3.05, 3.63) is 53.2 Å². The van der Waals surface area contributed by atoms with Crippen molar-refractivity contribution in [2.45, 2.75) is 19.6 Å². The van der Waals surface area contributed by atoms with Gasteiger partial charge in [-0.05, 0) is 12.5 Å². The van der Waals surface area contributed by atoms with Crippen molar-refractivity contribution in [2.75, 3.05) is 7.11 Å². The van der Waals surface area contributed by atoms with E-state index in [9.17, 15) is 0 Å². The first kappa shape index (κ1) is 11.8. The maximum absolute atomic E-state index is 6.15. The molecule has 0 saturated heterocycles. The van der Waals surface area contributed by atoms with Crippen LogP contribution in [0, 0.1) is 6.92 Å². The molecule has 90 valence electrons. The maximum atomic E-state index is 6.15. The van der Waals surface area contributed by atoms with Crippen LogP contribution in [0.4, 0.5) is 0 Å². The third-order valence-electron chi connectivity index (χ3n) is 2.59. The van der Waals surface area contributed by atoms with Crippen molar-refractivity contribution >= 4 is 0 Å². The Hall–Kier alpha value is -1.65. The fraction of sp³-hybridized carbons (Fsp3) is 0.308. The highest BCUT2D eigenvalue weighted by atomic mass is 16.5. The predicted molar refractivity (Wildman–Crippen MR) is 64.4 cm³/mol. The molecule has 0 amide bonds. The highest BCUT2D eigenvalue weighted by Crippen LogP contribution is 2.23. The van der Waals surface area contributed by atoms with E-state index in [0.717, 1.165) is 11.3 Å². The molecule has 1 aromatic carbocycles. The first-order valence-corrected chi connectivity index (χ1v) is 5.48. The summed E-state index contributed by atoms with van der Waals surface area (Å²) in [6.07, 6.45) is 0. The lowest BCUT2D eigenvalue weighted by molar-refractivity contribution is 0.157. The van der Waals surface area contributed by atoms with Crippen LogP contribution in [0.3, 0.4) is 0 Å². The van der Waals surface area contributed by atoms with Crippen LogP contribution in [-0.4, -0.2) is 12.1 Å². The highest BCUT2D eigenvalue weighted by Gasteiger charge is 2.18. The van der Waals surface area contributed by atoms with Gasteiger partial charge in [0.1, 0.15) is 12.4 Å². The van der Waals surface area contributed by atoms with Crippen LogP contribution in [-0.2, 0) is 11.3 Å². The molecule has 0 aliphatic carbocycles. The number of aryl methyl sites for hydroxylation is 1. The first-order valence-electron chi connectivity index (χ1n) is 5.48. The Morgan fingerprint density at radius 3 is 2.71 bits per heavy atom. The summed E-state index contributed by atoms with van der Waals surface area (Å²) in [4.78, 5) is 4.28. The molecule has 0 aliphatic rings. The summed E-state index contributed by atoms with van der Waals surface area (Å²) in [5.41, 5.74) is 7.98. The summed E-state index contributed by atoms with van der Waals surface area (Å²) in [6, 6.07) is 9.54. The molecule has 0 bridgehead atoms. The van der Waals surface area contributed by atoms with Crippen LogP contribution in [0.25, 0.3) is 0 Å². The van der Waals surface area contributed by atoms with Gasteiger partial charge in [-0.1, -0.05) is 30.3 Å². The molecule has 0 saturated carbocycles. The van der Waals surface area contributed by atoms with Gasteiger partial charge >= 0.3 is 0 Å². The van der Waals surface area contributed by atoms with Gasteiger partial charge in [-0.25, -0.2) is 4.98 Å². The maximum Gasteiger partial charge on any atom is 0.220 e. The molecule has 1 aromatic heterocycles. The quantitative estimate of drug-likeness (QED) is 0.877. The van der Waals surface area contributed by atoms with Gasteiger partial charge in [0.05, 0.1) is 11.7 Å². The average molecular weight is 232 g/mol. The van der Waals surface area contributed by atoms with Crippen molar-refractivity contribution < 1.29 is 9.15 Å². The van der Waals surface area contributed by atoms with Crippen LogP contribution >= 0.6 is 0 Å². The van der Waals surface area contributed by atoms with E-state index in [1.54, 1.807) is 7.11 Å². The Morgan fingerprint density at radius 2 is 2.06 bits per heavy atom. The van der Waals surface area contributed by atoms with Gasteiger partial charge in [-0.3, -0.25) is 0 Å². The zero-order chi connectivity index (χ0) is 12.3. The number of hydrogen-bond donors (Lipinski definition) is 1. The van der Waals surface area contributed by atoms with E-state index in [4.69, 9.17) is 14.9 Å². The Kier molecular flexibility index (Phi) is 3.56. The molecule has 1 unspecified atom stereocenters. The van der Waals surface area contributed by atoms with Crippen LogP contribution in [0.1, 0.15) is 29.0 Å². The lowest BCUT2D eigenvalue weighted by Crippen LogP contribution is -2.11. The molecule has 1 heterocycles. The number of methoxy groups -OCH3 is 1. The van der Waals surface area contributed by atoms with E-state index in [1.807, 2.05) is 37.3 Å². The number of hydrogen-bond acceptors (Lipinski definition) is 4. The molecule has 0 spiro atoms. The normalized spacial score (nSPS) is 12.6. The smallest absolute Gasteiger partial charge is 0.220 e. The minimum Gasteiger partial charge on any atom is -0.441 e. The van der Waals surface area contributed by atoms with Gasteiger partial charge in [-0.2, -0.15) is 0 Å². The first-order chi connectivity index (χ1) is 8.22. The third-order valence-corrected chi connectivity index (χ3v) is 2.59. The minimum atomic E-state index is -0.283. The SMILES string of the molecule is COCc1nc(C)c(C(N)c2ccccc2)o1. The second-order valence-electron chi connectivity index (χ2n) is 3.88. The largest absolute Gasteiger partial charge is 0.441 e. The van der Waals surface area contributed by atoms with Crippen molar-refractivity contribution in [2.24, 2.45) is 5.73 Å². The number of nitrogens with two attached hydrogens (primary N) is 1. The van der Waals surface area contributed by atoms with Gasteiger partial charge in [-0.15, -0.1) is 0 Å². The average Bonchev–Trinajstić information content (AvgIpc) is 2.71. The molecule has 17 heavy (non-hydrogen) atoms. The summed E-state index contributed by atoms with van der Waals surface area (Å²) < 4.78 is 10.6. The Bertz CT molecular complexity index is 479. The second kappa shape index (κ2) is 5.12. The topological polar surface area (TPSA) is 61.3 Å². The molecule has 4 nitrogen and oxygen atoms in total. The number of oxazole rings is 1. The van der Waals surface area contributed by atoms with E-state index >= 15 is 0 Å². The number of nitrogens with zero attached hydrogens (tertiary/aromatic N) is 1. The monoisotopic (exact) mass is 232 g/mol. The lowest BCUT2D eigenvalue weighted by atomic mass is 10.0. The zero-order valence-electron chi connectivity index (χ0n) is 10.0. The van der Waals surface area contributed by atoms with Gasteiger partial charge in [0.15, 0.2) is 0 Å². The minimum absolute atomic E-state index is 0.283. The number of rotatable bonds is 4. The summed E-state index contributed by atoms with van der Waals surface area (Å²) in [7, 11) is 1.61.